The second kappa shape index (κ2) is 12.2. The van der Waals surface area contributed by atoms with Gasteiger partial charge in [0.2, 0.25) is 0 Å². The summed E-state index contributed by atoms with van der Waals surface area (Å²) in [6.07, 6.45) is 6.75. The Kier molecular flexibility index (Phi) is 8.34. The summed E-state index contributed by atoms with van der Waals surface area (Å²) in [6, 6.07) is 25.6. The van der Waals surface area contributed by atoms with E-state index in [4.69, 9.17) is 9.47 Å². The van der Waals surface area contributed by atoms with Crippen LogP contribution in [-0.2, 0) is 16.0 Å². The van der Waals surface area contributed by atoms with Crippen molar-refractivity contribution in [2.45, 2.75) is 26.2 Å². The molecule has 1 fully saturated rings. The van der Waals surface area contributed by atoms with Gasteiger partial charge < -0.3 is 9.47 Å². The van der Waals surface area contributed by atoms with E-state index in [1.54, 1.807) is 6.08 Å². The van der Waals surface area contributed by atoms with E-state index in [0.29, 0.717) is 6.61 Å². The molecule has 3 aromatic carbocycles. The third-order valence-electron chi connectivity index (χ3n) is 6.75. The van der Waals surface area contributed by atoms with Crippen molar-refractivity contribution >= 4 is 33.5 Å². The molecule has 0 atom stereocenters. The van der Waals surface area contributed by atoms with Crippen LogP contribution in [0.5, 0.6) is 5.75 Å². The van der Waals surface area contributed by atoms with Crippen LogP contribution in [0.1, 0.15) is 36.5 Å². The first-order valence-corrected chi connectivity index (χ1v) is 13.9. The number of likely N-dealkylation sites (tertiary alicyclic amines) is 1. The molecule has 0 saturated carbocycles. The van der Waals surface area contributed by atoms with Crippen LogP contribution in [0.2, 0.25) is 0 Å². The summed E-state index contributed by atoms with van der Waals surface area (Å²) in [4.78, 5) is 15.4. The van der Waals surface area contributed by atoms with E-state index >= 15 is 0 Å². The summed E-state index contributed by atoms with van der Waals surface area (Å²) in [7, 11) is 0. The highest BCUT2D eigenvalue weighted by molar-refractivity contribution is 7.22. The molecule has 2 heterocycles. The second-order valence-corrected chi connectivity index (χ2v) is 10.4. The van der Waals surface area contributed by atoms with Gasteiger partial charge >= 0.3 is 5.97 Å². The van der Waals surface area contributed by atoms with Crippen LogP contribution in [0, 0.1) is 0 Å². The quantitative estimate of drug-likeness (QED) is 0.167. The maximum absolute atomic E-state index is 11.6. The first-order valence-electron chi connectivity index (χ1n) is 13.1. The minimum absolute atomic E-state index is 0.318. The van der Waals surface area contributed by atoms with Gasteiger partial charge in [0, 0.05) is 22.2 Å². The third-order valence-corrected chi connectivity index (χ3v) is 8.01. The van der Waals surface area contributed by atoms with Crippen molar-refractivity contribution in [3.05, 3.63) is 95.6 Å². The van der Waals surface area contributed by atoms with Crippen molar-refractivity contribution in [3.63, 3.8) is 0 Å². The fraction of sp³-hybridized carbons (Fsp3) is 0.281. The Morgan fingerprint density at radius 3 is 2.49 bits per heavy atom. The zero-order valence-electron chi connectivity index (χ0n) is 21.3. The van der Waals surface area contributed by atoms with Gasteiger partial charge in [-0.1, -0.05) is 54.6 Å². The molecule has 4 nitrogen and oxygen atoms in total. The lowest BCUT2D eigenvalue weighted by atomic mass is 9.98. The van der Waals surface area contributed by atoms with Gasteiger partial charge in [-0.25, -0.2) is 4.79 Å². The van der Waals surface area contributed by atoms with Gasteiger partial charge in [-0.3, -0.25) is 4.90 Å². The normalized spacial score (nSPS) is 14.0. The second-order valence-electron chi connectivity index (χ2n) is 9.33. The molecule has 5 heteroatoms. The van der Waals surface area contributed by atoms with E-state index in [0.717, 1.165) is 30.9 Å². The Morgan fingerprint density at radius 1 is 0.973 bits per heavy atom. The van der Waals surface area contributed by atoms with E-state index < -0.39 is 0 Å². The van der Waals surface area contributed by atoms with Crippen molar-refractivity contribution in [1.82, 2.24) is 4.90 Å². The van der Waals surface area contributed by atoms with Gasteiger partial charge in [-0.05, 0) is 91.2 Å². The molecular formula is C32H33NO3S. The Labute approximate surface area is 223 Å². The maximum Gasteiger partial charge on any atom is 0.330 e. The van der Waals surface area contributed by atoms with Crippen molar-refractivity contribution in [3.8, 4) is 16.2 Å². The molecule has 0 aliphatic carbocycles. The largest absolute Gasteiger partial charge is 0.492 e. The van der Waals surface area contributed by atoms with E-state index in [9.17, 15) is 4.79 Å². The molecule has 0 unspecified atom stereocenters. The molecule has 0 N–H and O–H groups in total. The molecule has 1 aromatic heterocycles. The monoisotopic (exact) mass is 511 g/mol. The number of esters is 1. The Morgan fingerprint density at radius 2 is 1.73 bits per heavy atom. The Bertz CT molecular complexity index is 1350. The van der Waals surface area contributed by atoms with Crippen LogP contribution in [-0.4, -0.2) is 43.7 Å². The summed E-state index contributed by atoms with van der Waals surface area (Å²) in [5.74, 6) is 0.617. The van der Waals surface area contributed by atoms with E-state index in [-0.39, 0.29) is 5.97 Å². The van der Waals surface area contributed by atoms with Crippen LogP contribution in [0.4, 0.5) is 0 Å². The van der Waals surface area contributed by atoms with Gasteiger partial charge in [-0.2, -0.15) is 0 Å². The number of carbonyl (C=O) groups is 1. The molecule has 1 aliphatic rings. The highest BCUT2D eigenvalue weighted by Crippen LogP contribution is 2.40. The zero-order chi connectivity index (χ0) is 25.5. The molecule has 5 rings (SSSR count). The Hall–Kier alpha value is -3.41. The lowest BCUT2D eigenvalue weighted by Gasteiger charge is -2.15. The number of rotatable bonds is 10. The van der Waals surface area contributed by atoms with Crippen molar-refractivity contribution in [2.75, 3.05) is 32.8 Å². The smallest absolute Gasteiger partial charge is 0.330 e. The molecule has 0 amide bonds. The number of benzene rings is 3. The lowest BCUT2D eigenvalue weighted by molar-refractivity contribution is -0.137. The van der Waals surface area contributed by atoms with Crippen LogP contribution in [0.25, 0.3) is 26.6 Å². The van der Waals surface area contributed by atoms with Crippen molar-refractivity contribution in [2.24, 2.45) is 0 Å². The first kappa shape index (κ1) is 25.2. The SMILES string of the molecule is CCOC(=O)/C=C/c1ccc(-c2sc3ccccc3c2Cc2ccc(OCCN3CCCC3)cc2)cc1. The lowest BCUT2D eigenvalue weighted by Crippen LogP contribution is -2.25. The topological polar surface area (TPSA) is 38.8 Å². The van der Waals surface area contributed by atoms with Gasteiger partial charge in [-0.15, -0.1) is 11.3 Å². The molecule has 0 radical (unpaired) electrons. The minimum Gasteiger partial charge on any atom is -0.492 e. The zero-order valence-corrected chi connectivity index (χ0v) is 22.1. The predicted molar refractivity (Wildman–Crippen MR) is 153 cm³/mol. The molecule has 1 saturated heterocycles. The van der Waals surface area contributed by atoms with Gasteiger partial charge in [0.1, 0.15) is 12.4 Å². The molecule has 37 heavy (non-hydrogen) atoms. The van der Waals surface area contributed by atoms with Crippen LogP contribution in [0.3, 0.4) is 0 Å². The molecule has 4 aromatic rings. The molecule has 190 valence electrons. The Balaban J connectivity index is 1.32. The van der Waals surface area contributed by atoms with Crippen LogP contribution in [0.15, 0.2) is 78.9 Å². The fourth-order valence-electron chi connectivity index (χ4n) is 4.81. The van der Waals surface area contributed by atoms with Crippen molar-refractivity contribution < 1.29 is 14.3 Å². The standard InChI is InChI=1S/C32H33NO3S/c1-2-35-31(34)18-13-24-9-14-26(15-10-24)32-29(28-7-3-4-8-30(28)37-32)23-25-11-16-27(17-12-25)36-22-21-33-19-5-6-20-33/h3-4,7-18H,2,5-6,19-23H2,1H3/b18-13+. The number of carbonyl (C=O) groups excluding carboxylic acids is 1. The maximum atomic E-state index is 11.6. The van der Waals surface area contributed by atoms with Gasteiger partial charge in [0.05, 0.1) is 6.61 Å². The van der Waals surface area contributed by atoms with Gasteiger partial charge in [0.15, 0.2) is 0 Å². The number of ether oxygens (including phenoxy) is 2. The van der Waals surface area contributed by atoms with Crippen LogP contribution >= 0.6 is 11.3 Å². The first-order chi connectivity index (χ1) is 18.2. The average Bonchev–Trinajstić information content (AvgIpc) is 3.57. The van der Waals surface area contributed by atoms with E-state index in [2.05, 4.69) is 65.6 Å². The minimum atomic E-state index is -0.318. The highest BCUT2D eigenvalue weighted by atomic mass is 32.1. The third kappa shape index (κ3) is 6.48. The molecular weight excluding hydrogens is 478 g/mol. The summed E-state index contributed by atoms with van der Waals surface area (Å²) < 4.78 is 12.3. The number of hydrogen-bond donors (Lipinski definition) is 0. The predicted octanol–water partition coefficient (Wildman–Crippen LogP) is 7.21. The molecule has 0 bridgehead atoms. The fourth-order valence-corrected chi connectivity index (χ4v) is 6.04. The number of nitrogens with zero attached hydrogens (tertiary/aromatic N) is 1. The summed E-state index contributed by atoms with van der Waals surface area (Å²) in [5, 5.41) is 1.31. The summed E-state index contributed by atoms with van der Waals surface area (Å²) in [6.45, 7) is 6.33. The van der Waals surface area contributed by atoms with E-state index in [1.807, 2.05) is 30.4 Å². The summed E-state index contributed by atoms with van der Waals surface area (Å²) in [5.41, 5.74) is 4.77. The molecule has 0 spiro atoms. The van der Waals surface area contributed by atoms with E-state index in [1.165, 1.54) is 63.7 Å². The number of hydrogen-bond acceptors (Lipinski definition) is 5. The average molecular weight is 512 g/mol. The van der Waals surface area contributed by atoms with Gasteiger partial charge in [0.25, 0.3) is 0 Å². The van der Waals surface area contributed by atoms with Crippen molar-refractivity contribution in [1.29, 1.82) is 0 Å². The number of fused-ring (bicyclic) bond motifs is 1. The summed E-state index contributed by atoms with van der Waals surface area (Å²) >= 11 is 1.83. The van der Waals surface area contributed by atoms with Crippen LogP contribution < -0.4 is 4.74 Å². The highest BCUT2D eigenvalue weighted by Gasteiger charge is 2.15. The molecule has 1 aliphatic heterocycles. The number of thiophene rings is 1.